The van der Waals surface area contributed by atoms with Crippen LogP contribution in [0.1, 0.15) is 31.1 Å². The lowest BCUT2D eigenvalue weighted by atomic mass is 9.94. The van der Waals surface area contributed by atoms with E-state index in [2.05, 4.69) is 21.0 Å². The smallest absolute Gasteiger partial charge is 0.0996 e. The van der Waals surface area contributed by atoms with E-state index in [0.717, 1.165) is 22.0 Å². The van der Waals surface area contributed by atoms with Gasteiger partial charge in [-0.2, -0.15) is 5.10 Å². The highest BCUT2D eigenvalue weighted by atomic mass is 79.9. The van der Waals surface area contributed by atoms with Gasteiger partial charge in [-0.15, -0.1) is 0 Å². The van der Waals surface area contributed by atoms with Gasteiger partial charge < -0.3 is 9.84 Å². The monoisotopic (exact) mass is 314 g/mol. The van der Waals surface area contributed by atoms with Crippen LogP contribution in [0.2, 0.25) is 0 Å². The number of aromatic nitrogens is 2. The lowest BCUT2D eigenvalue weighted by Crippen LogP contribution is -2.18. The Morgan fingerprint density at radius 1 is 1.50 bits per heavy atom. The first-order valence-electron chi connectivity index (χ1n) is 6.59. The quantitative estimate of drug-likeness (QED) is 0.907. The van der Waals surface area contributed by atoms with Crippen LogP contribution < -0.4 is 0 Å². The molecular formula is C13H19BrN2O2. The second-order valence-electron chi connectivity index (χ2n) is 5.53. The van der Waals surface area contributed by atoms with Crippen molar-refractivity contribution in [3.05, 3.63) is 16.4 Å². The number of fused-ring (bicyclic) bond motifs is 1. The Morgan fingerprint density at radius 3 is 2.89 bits per heavy atom. The molecule has 2 aliphatic rings. The van der Waals surface area contributed by atoms with Gasteiger partial charge in [-0.1, -0.05) is 0 Å². The minimum Gasteiger partial charge on any atom is -0.386 e. The van der Waals surface area contributed by atoms with Crippen molar-refractivity contribution in [3.63, 3.8) is 0 Å². The van der Waals surface area contributed by atoms with Crippen molar-refractivity contribution in [2.24, 2.45) is 17.8 Å². The molecule has 3 unspecified atom stereocenters. The predicted octanol–water partition coefficient (Wildman–Crippen LogP) is 2.37. The van der Waals surface area contributed by atoms with E-state index < -0.39 is 6.10 Å². The second-order valence-corrected chi connectivity index (χ2v) is 6.38. The highest BCUT2D eigenvalue weighted by molar-refractivity contribution is 9.10. The largest absolute Gasteiger partial charge is 0.386 e. The molecule has 1 aromatic rings. The van der Waals surface area contributed by atoms with Crippen molar-refractivity contribution in [1.82, 2.24) is 9.78 Å². The molecule has 4 nitrogen and oxygen atoms in total. The molecule has 1 N–H and O–H groups in total. The van der Waals surface area contributed by atoms with Crippen LogP contribution in [0.25, 0.3) is 0 Å². The van der Waals surface area contributed by atoms with E-state index in [9.17, 15) is 5.11 Å². The van der Waals surface area contributed by atoms with Crippen LogP contribution >= 0.6 is 15.9 Å². The van der Waals surface area contributed by atoms with Crippen molar-refractivity contribution in [2.45, 2.75) is 31.9 Å². The molecule has 18 heavy (non-hydrogen) atoms. The molecule has 1 heterocycles. The first-order chi connectivity index (χ1) is 8.70. The van der Waals surface area contributed by atoms with Crippen LogP contribution in [0, 0.1) is 17.8 Å². The molecule has 3 rings (SSSR count). The van der Waals surface area contributed by atoms with Gasteiger partial charge >= 0.3 is 0 Å². The van der Waals surface area contributed by atoms with Gasteiger partial charge in [-0.25, -0.2) is 0 Å². The van der Waals surface area contributed by atoms with E-state index in [1.807, 2.05) is 4.68 Å². The lowest BCUT2D eigenvalue weighted by molar-refractivity contribution is 0.0916. The highest BCUT2D eigenvalue weighted by Crippen LogP contribution is 2.57. The first-order valence-corrected chi connectivity index (χ1v) is 7.38. The molecule has 0 aliphatic heterocycles. The van der Waals surface area contributed by atoms with Gasteiger partial charge in [0.05, 0.1) is 35.6 Å². The Morgan fingerprint density at radius 2 is 2.22 bits per heavy atom. The molecule has 100 valence electrons. The molecule has 0 saturated heterocycles. The van der Waals surface area contributed by atoms with Gasteiger partial charge in [0.1, 0.15) is 0 Å². The summed E-state index contributed by atoms with van der Waals surface area (Å²) in [7, 11) is 1.68. The number of halogens is 1. The molecule has 2 fully saturated rings. The van der Waals surface area contributed by atoms with E-state index in [1.165, 1.54) is 19.3 Å². The molecular weight excluding hydrogens is 296 g/mol. The first kappa shape index (κ1) is 12.6. The van der Waals surface area contributed by atoms with Crippen LogP contribution in [0.4, 0.5) is 0 Å². The number of aliphatic hydroxyl groups excluding tert-OH is 1. The summed E-state index contributed by atoms with van der Waals surface area (Å²) in [6.45, 7) is 1.30. The van der Waals surface area contributed by atoms with E-state index in [-0.39, 0.29) is 0 Å². The minimum atomic E-state index is -0.397. The van der Waals surface area contributed by atoms with Crippen molar-refractivity contribution in [1.29, 1.82) is 0 Å². The summed E-state index contributed by atoms with van der Waals surface area (Å²) < 4.78 is 7.85. The molecule has 1 aromatic heterocycles. The van der Waals surface area contributed by atoms with Crippen molar-refractivity contribution in [2.75, 3.05) is 13.7 Å². The SMILES string of the molecule is COCCn1ncc(Br)c1C(O)C1CC2CC2C1. The van der Waals surface area contributed by atoms with Crippen LogP contribution in [0.15, 0.2) is 10.7 Å². The standard InChI is InChI=1S/C13H19BrN2O2/c1-18-3-2-16-12(11(14)7-15-16)13(17)10-5-8-4-9(8)6-10/h7-10,13,17H,2-6H2,1H3. The fourth-order valence-corrected chi connectivity index (χ4v) is 3.80. The summed E-state index contributed by atoms with van der Waals surface area (Å²) >= 11 is 3.50. The van der Waals surface area contributed by atoms with Gasteiger partial charge in [0.15, 0.2) is 0 Å². The Hall–Kier alpha value is -0.390. The zero-order valence-electron chi connectivity index (χ0n) is 10.6. The highest BCUT2D eigenvalue weighted by Gasteiger charge is 2.48. The van der Waals surface area contributed by atoms with Crippen LogP contribution in [-0.4, -0.2) is 28.6 Å². The van der Waals surface area contributed by atoms with E-state index in [1.54, 1.807) is 13.3 Å². The fourth-order valence-electron chi connectivity index (χ4n) is 3.26. The number of aliphatic hydroxyl groups is 1. The van der Waals surface area contributed by atoms with Crippen molar-refractivity contribution >= 4 is 15.9 Å². The summed E-state index contributed by atoms with van der Waals surface area (Å²) in [6.07, 6.45) is 5.10. The van der Waals surface area contributed by atoms with E-state index in [0.29, 0.717) is 19.1 Å². The number of methoxy groups -OCH3 is 1. The average molecular weight is 315 g/mol. The van der Waals surface area contributed by atoms with E-state index >= 15 is 0 Å². The topological polar surface area (TPSA) is 47.3 Å². The van der Waals surface area contributed by atoms with Gasteiger partial charge in [0.2, 0.25) is 0 Å². The Kier molecular flexibility index (Phi) is 3.47. The third-order valence-electron chi connectivity index (χ3n) is 4.35. The second kappa shape index (κ2) is 4.94. The summed E-state index contributed by atoms with van der Waals surface area (Å²) in [4.78, 5) is 0. The Labute approximate surface area is 115 Å². The summed E-state index contributed by atoms with van der Waals surface area (Å²) in [5.41, 5.74) is 0.915. The number of hydrogen-bond acceptors (Lipinski definition) is 3. The number of hydrogen-bond donors (Lipinski definition) is 1. The van der Waals surface area contributed by atoms with E-state index in [4.69, 9.17) is 4.74 Å². The average Bonchev–Trinajstić information content (AvgIpc) is 2.82. The Balaban J connectivity index is 1.75. The van der Waals surface area contributed by atoms with Crippen LogP contribution in [0.3, 0.4) is 0 Å². The number of rotatable bonds is 5. The number of nitrogens with zero attached hydrogens (tertiary/aromatic N) is 2. The van der Waals surface area contributed by atoms with Gasteiger partial charge in [-0.05, 0) is 52.9 Å². The van der Waals surface area contributed by atoms with Crippen LogP contribution in [-0.2, 0) is 11.3 Å². The zero-order chi connectivity index (χ0) is 12.7. The predicted molar refractivity (Wildman–Crippen MR) is 71.1 cm³/mol. The molecule has 5 heteroatoms. The molecule has 0 radical (unpaired) electrons. The molecule has 2 aliphatic carbocycles. The zero-order valence-corrected chi connectivity index (χ0v) is 12.1. The van der Waals surface area contributed by atoms with Gasteiger partial charge in [0.25, 0.3) is 0 Å². The molecule has 0 amide bonds. The van der Waals surface area contributed by atoms with Crippen molar-refractivity contribution in [3.8, 4) is 0 Å². The summed E-state index contributed by atoms with van der Waals surface area (Å²) in [5.74, 6) is 2.18. The van der Waals surface area contributed by atoms with Gasteiger partial charge in [-0.3, -0.25) is 4.68 Å². The third-order valence-corrected chi connectivity index (χ3v) is 4.96. The number of ether oxygens (including phenoxy) is 1. The lowest BCUT2D eigenvalue weighted by Gasteiger charge is -2.21. The molecule has 0 bridgehead atoms. The third kappa shape index (κ3) is 2.24. The van der Waals surface area contributed by atoms with Crippen LogP contribution in [0.5, 0.6) is 0 Å². The fraction of sp³-hybridized carbons (Fsp3) is 0.769. The maximum absolute atomic E-state index is 10.6. The summed E-state index contributed by atoms with van der Waals surface area (Å²) in [6, 6.07) is 0. The maximum Gasteiger partial charge on any atom is 0.0996 e. The van der Waals surface area contributed by atoms with Gasteiger partial charge in [0, 0.05) is 7.11 Å². The normalized spacial score (nSPS) is 31.4. The van der Waals surface area contributed by atoms with Crippen molar-refractivity contribution < 1.29 is 9.84 Å². The molecule has 3 atom stereocenters. The molecule has 0 spiro atoms. The Bertz CT molecular complexity index is 425. The maximum atomic E-state index is 10.6. The molecule has 0 aromatic carbocycles. The minimum absolute atomic E-state index is 0.397. The summed E-state index contributed by atoms with van der Waals surface area (Å²) in [5, 5.41) is 14.9. The molecule has 2 saturated carbocycles.